The molecule has 0 saturated heterocycles. The third-order valence-electron chi connectivity index (χ3n) is 4.07. The van der Waals surface area contributed by atoms with E-state index < -0.39 is 0 Å². The standard InChI is InChI=1S/C15H19N3O2S/c1-10(11-5-6-11)18(2)14(19)8-7-13-16-15(17-20-13)12-4-3-9-21-12/h3-4,9-11H,5-8H2,1-2H3/t10-/m1/s1. The van der Waals surface area contributed by atoms with Gasteiger partial charge in [0.15, 0.2) is 0 Å². The lowest BCUT2D eigenvalue weighted by molar-refractivity contribution is -0.132. The second-order valence-corrected chi connectivity index (χ2v) is 6.52. The zero-order valence-corrected chi connectivity index (χ0v) is 13.1. The molecule has 0 aromatic carbocycles. The van der Waals surface area contributed by atoms with Gasteiger partial charge in [0.25, 0.3) is 0 Å². The first-order valence-electron chi connectivity index (χ1n) is 7.27. The van der Waals surface area contributed by atoms with Crippen molar-refractivity contribution in [2.24, 2.45) is 5.92 Å². The van der Waals surface area contributed by atoms with Gasteiger partial charge in [0, 0.05) is 25.9 Å². The van der Waals surface area contributed by atoms with Gasteiger partial charge in [0.05, 0.1) is 4.88 Å². The third kappa shape index (κ3) is 3.32. The van der Waals surface area contributed by atoms with Crippen molar-refractivity contribution in [1.29, 1.82) is 0 Å². The first kappa shape index (κ1) is 14.3. The van der Waals surface area contributed by atoms with Crippen LogP contribution in [0.5, 0.6) is 0 Å². The van der Waals surface area contributed by atoms with Gasteiger partial charge >= 0.3 is 0 Å². The minimum absolute atomic E-state index is 0.144. The largest absolute Gasteiger partial charge is 0.343 e. The molecule has 2 heterocycles. The van der Waals surface area contributed by atoms with E-state index in [0.717, 1.165) is 4.88 Å². The summed E-state index contributed by atoms with van der Waals surface area (Å²) in [6.45, 7) is 2.12. The molecule has 1 aliphatic rings. The van der Waals surface area contributed by atoms with E-state index >= 15 is 0 Å². The number of carbonyl (C=O) groups excluding carboxylic acids is 1. The molecule has 0 aliphatic heterocycles. The molecule has 21 heavy (non-hydrogen) atoms. The highest BCUT2D eigenvalue weighted by molar-refractivity contribution is 7.13. The van der Waals surface area contributed by atoms with Crippen LogP contribution >= 0.6 is 11.3 Å². The van der Waals surface area contributed by atoms with Crippen molar-refractivity contribution >= 4 is 17.2 Å². The quantitative estimate of drug-likeness (QED) is 0.823. The summed E-state index contributed by atoms with van der Waals surface area (Å²) < 4.78 is 5.21. The minimum atomic E-state index is 0.144. The maximum absolute atomic E-state index is 12.2. The molecule has 1 aliphatic carbocycles. The van der Waals surface area contributed by atoms with Gasteiger partial charge in [-0.05, 0) is 37.1 Å². The lowest BCUT2D eigenvalue weighted by Gasteiger charge is -2.24. The van der Waals surface area contributed by atoms with E-state index in [2.05, 4.69) is 17.1 Å². The Morgan fingerprint density at radius 3 is 3.05 bits per heavy atom. The smallest absolute Gasteiger partial charge is 0.227 e. The lowest BCUT2D eigenvalue weighted by Crippen LogP contribution is -2.36. The number of thiophene rings is 1. The van der Waals surface area contributed by atoms with Crippen molar-refractivity contribution in [1.82, 2.24) is 15.0 Å². The highest BCUT2D eigenvalue weighted by atomic mass is 32.1. The summed E-state index contributed by atoms with van der Waals surface area (Å²) in [6.07, 6.45) is 3.40. The molecule has 0 N–H and O–H groups in total. The number of aryl methyl sites for hydroxylation is 1. The Bertz CT molecular complexity index is 604. The number of nitrogens with zero attached hydrogens (tertiary/aromatic N) is 3. The number of rotatable bonds is 6. The lowest BCUT2D eigenvalue weighted by atomic mass is 10.1. The van der Waals surface area contributed by atoms with Crippen molar-refractivity contribution in [3.63, 3.8) is 0 Å². The van der Waals surface area contributed by atoms with Crippen LogP contribution in [0.1, 0.15) is 32.1 Å². The Balaban J connectivity index is 1.54. The first-order chi connectivity index (χ1) is 10.1. The van der Waals surface area contributed by atoms with E-state index in [1.807, 2.05) is 29.5 Å². The van der Waals surface area contributed by atoms with Crippen molar-refractivity contribution in [2.75, 3.05) is 7.05 Å². The van der Waals surface area contributed by atoms with Crippen LogP contribution in [0.15, 0.2) is 22.0 Å². The molecule has 112 valence electrons. The molecule has 0 spiro atoms. The molecular formula is C15H19N3O2S. The second-order valence-electron chi connectivity index (χ2n) is 5.57. The zero-order valence-electron chi connectivity index (χ0n) is 12.3. The molecule has 6 heteroatoms. The van der Waals surface area contributed by atoms with Crippen LogP contribution in [-0.4, -0.2) is 34.0 Å². The summed E-state index contributed by atoms with van der Waals surface area (Å²) >= 11 is 1.57. The molecule has 2 aromatic heterocycles. The number of aromatic nitrogens is 2. The number of hydrogen-bond donors (Lipinski definition) is 0. The van der Waals surface area contributed by atoms with E-state index in [1.165, 1.54) is 12.8 Å². The van der Waals surface area contributed by atoms with Crippen LogP contribution in [-0.2, 0) is 11.2 Å². The summed E-state index contributed by atoms with van der Waals surface area (Å²) in [7, 11) is 1.89. The fraction of sp³-hybridized carbons (Fsp3) is 0.533. The molecule has 1 saturated carbocycles. The van der Waals surface area contributed by atoms with Crippen molar-refractivity contribution in [3.05, 3.63) is 23.4 Å². The van der Waals surface area contributed by atoms with Crippen LogP contribution in [0.25, 0.3) is 10.7 Å². The maximum Gasteiger partial charge on any atom is 0.227 e. The highest BCUT2D eigenvalue weighted by Crippen LogP contribution is 2.34. The number of amides is 1. The molecule has 5 nitrogen and oxygen atoms in total. The average Bonchev–Trinajstić information content (AvgIpc) is 3.01. The van der Waals surface area contributed by atoms with Gasteiger partial charge in [-0.2, -0.15) is 4.98 Å². The van der Waals surface area contributed by atoms with Crippen molar-refractivity contribution in [2.45, 2.75) is 38.6 Å². The van der Waals surface area contributed by atoms with Gasteiger partial charge in [-0.1, -0.05) is 11.2 Å². The SMILES string of the molecule is C[C@H](C1CC1)N(C)C(=O)CCc1nc(-c2cccs2)no1. The predicted octanol–water partition coefficient (Wildman–Crippen LogP) is 2.99. The summed E-state index contributed by atoms with van der Waals surface area (Å²) in [5.74, 6) is 1.96. The molecule has 0 radical (unpaired) electrons. The third-order valence-corrected chi connectivity index (χ3v) is 4.94. The van der Waals surface area contributed by atoms with Gasteiger partial charge in [0.2, 0.25) is 17.6 Å². The van der Waals surface area contributed by atoms with E-state index in [9.17, 15) is 4.79 Å². The van der Waals surface area contributed by atoms with Crippen LogP contribution in [0.3, 0.4) is 0 Å². The Labute approximate surface area is 128 Å². The topological polar surface area (TPSA) is 59.2 Å². The van der Waals surface area contributed by atoms with E-state index in [4.69, 9.17) is 4.52 Å². The van der Waals surface area contributed by atoms with Crippen LogP contribution in [0.2, 0.25) is 0 Å². The van der Waals surface area contributed by atoms with Crippen LogP contribution in [0, 0.1) is 5.92 Å². The molecule has 0 unspecified atom stereocenters. The Morgan fingerprint density at radius 1 is 1.57 bits per heavy atom. The minimum Gasteiger partial charge on any atom is -0.343 e. The molecule has 3 rings (SSSR count). The highest BCUT2D eigenvalue weighted by Gasteiger charge is 2.32. The van der Waals surface area contributed by atoms with E-state index in [1.54, 1.807) is 11.3 Å². The average molecular weight is 305 g/mol. The Kier molecular flexibility index (Phi) is 4.05. The second kappa shape index (κ2) is 5.97. The predicted molar refractivity (Wildman–Crippen MR) is 80.9 cm³/mol. The number of hydrogen-bond acceptors (Lipinski definition) is 5. The molecule has 2 aromatic rings. The molecule has 1 amide bonds. The maximum atomic E-state index is 12.2. The van der Waals surface area contributed by atoms with E-state index in [-0.39, 0.29) is 5.91 Å². The molecule has 1 atom stereocenters. The normalized spacial score (nSPS) is 15.9. The van der Waals surface area contributed by atoms with Gasteiger partial charge in [0.1, 0.15) is 0 Å². The summed E-state index contributed by atoms with van der Waals surface area (Å²) in [4.78, 5) is 19.3. The van der Waals surface area contributed by atoms with Gasteiger partial charge in [-0.15, -0.1) is 11.3 Å². The fourth-order valence-electron chi connectivity index (χ4n) is 2.37. The van der Waals surface area contributed by atoms with Crippen molar-refractivity contribution in [3.8, 4) is 10.7 Å². The monoisotopic (exact) mass is 305 g/mol. The number of carbonyl (C=O) groups is 1. The zero-order chi connectivity index (χ0) is 14.8. The Morgan fingerprint density at radius 2 is 2.38 bits per heavy atom. The fourth-order valence-corrected chi connectivity index (χ4v) is 3.02. The summed E-state index contributed by atoms with van der Waals surface area (Å²) in [5.41, 5.74) is 0. The summed E-state index contributed by atoms with van der Waals surface area (Å²) in [5, 5.41) is 5.93. The van der Waals surface area contributed by atoms with E-state index in [0.29, 0.717) is 36.5 Å². The van der Waals surface area contributed by atoms with Crippen molar-refractivity contribution < 1.29 is 9.32 Å². The molecular weight excluding hydrogens is 286 g/mol. The Hall–Kier alpha value is -1.69. The van der Waals surface area contributed by atoms with Gasteiger partial charge < -0.3 is 9.42 Å². The van der Waals surface area contributed by atoms with Gasteiger partial charge in [-0.3, -0.25) is 4.79 Å². The van der Waals surface area contributed by atoms with Crippen LogP contribution in [0.4, 0.5) is 0 Å². The summed E-state index contributed by atoms with van der Waals surface area (Å²) in [6, 6.07) is 4.24. The molecule has 0 bridgehead atoms. The first-order valence-corrected chi connectivity index (χ1v) is 8.15. The van der Waals surface area contributed by atoms with Crippen LogP contribution < -0.4 is 0 Å². The van der Waals surface area contributed by atoms with Gasteiger partial charge in [-0.25, -0.2) is 0 Å². The molecule has 1 fully saturated rings.